The minimum Gasteiger partial charge on any atom is -0.545 e. The number of carboxylic acid groups (broad SMARTS) is 1. The van der Waals surface area contributed by atoms with E-state index in [1.165, 1.54) is 10.4 Å². The Bertz CT molecular complexity index is 1490. The molecule has 2 aromatic rings. The summed E-state index contributed by atoms with van der Waals surface area (Å²) < 4.78 is 29.2. The van der Waals surface area contributed by atoms with E-state index in [1.807, 2.05) is 33.8 Å². The second-order valence-corrected chi connectivity index (χ2v) is 14.7. The largest absolute Gasteiger partial charge is 0.545 e. The molecule has 3 heterocycles. The first-order valence-corrected chi connectivity index (χ1v) is 15.4. The Morgan fingerprint density at radius 1 is 1.03 bits per heavy atom. The molecule has 4 aliphatic rings. The van der Waals surface area contributed by atoms with Crippen LogP contribution in [0.5, 0.6) is 0 Å². The molecule has 0 radical (unpaired) electrons. The van der Waals surface area contributed by atoms with Crippen LogP contribution < -0.4 is 15.2 Å². The highest BCUT2D eigenvalue weighted by Crippen LogP contribution is 2.43. The van der Waals surface area contributed by atoms with E-state index in [0.29, 0.717) is 31.7 Å². The van der Waals surface area contributed by atoms with Gasteiger partial charge in [-0.3, -0.25) is 0 Å². The molecule has 0 unspecified atom stereocenters. The number of benzene rings is 2. The van der Waals surface area contributed by atoms with Gasteiger partial charge in [-0.05, 0) is 50.9 Å². The van der Waals surface area contributed by atoms with Crippen LogP contribution in [0.1, 0.15) is 21.5 Å². The van der Waals surface area contributed by atoms with Gasteiger partial charge in [0.25, 0.3) is 0 Å². The Morgan fingerprint density at radius 3 is 2.34 bits per heavy atom. The van der Waals surface area contributed by atoms with Crippen molar-refractivity contribution in [3.63, 3.8) is 0 Å². The van der Waals surface area contributed by atoms with Gasteiger partial charge in [0.05, 0.1) is 19.1 Å². The fourth-order valence-corrected chi connectivity index (χ4v) is 8.73. The van der Waals surface area contributed by atoms with Gasteiger partial charge in [0, 0.05) is 23.4 Å². The molecule has 9 heteroatoms. The highest BCUT2D eigenvalue weighted by molar-refractivity contribution is 6.98. The Labute approximate surface area is 219 Å². The summed E-state index contributed by atoms with van der Waals surface area (Å²) in [5.74, 6) is -1.21. The lowest BCUT2D eigenvalue weighted by Crippen LogP contribution is -2.52. The van der Waals surface area contributed by atoms with Gasteiger partial charge in [0.15, 0.2) is 18.8 Å². The van der Waals surface area contributed by atoms with Crippen molar-refractivity contribution in [3.8, 4) is 0 Å². The SMILES string of the molecule is C[Si]1(C)C2=CC(=[N+]3CC(F)C3)C=CC2=C(c2ccccc2C(=O)[O-])c2ccc(N3CC(F)C3)cc21.O=C=O. The molecule has 2 fully saturated rings. The number of hydrogen-bond acceptors (Lipinski definition) is 5. The van der Waals surface area contributed by atoms with Crippen LogP contribution in [0.25, 0.3) is 5.57 Å². The van der Waals surface area contributed by atoms with Gasteiger partial charge in [-0.2, -0.15) is 9.59 Å². The molecule has 6 nitrogen and oxygen atoms in total. The van der Waals surface area contributed by atoms with E-state index in [2.05, 4.69) is 37.4 Å². The highest BCUT2D eigenvalue weighted by atomic mass is 28.3. The summed E-state index contributed by atoms with van der Waals surface area (Å²) in [6.07, 6.45) is 4.90. The van der Waals surface area contributed by atoms with Crippen molar-refractivity contribution in [1.29, 1.82) is 0 Å². The topological polar surface area (TPSA) is 80.5 Å². The molecule has 2 aromatic carbocycles. The number of nitrogens with zero attached hydrogens (tertiary/aromatic N) is 2. The summed E-state index contributed by atoms with van der Waals surface area (Å²) in [6, 6.07) is 13.2. The van der Waals surface area contributed by atoms with Crippen molar-refractivity contribution in [3.05, 3.63) is 88.2 Å². The van der Waals surface area contributed by atoms with Crippen LogP contribution in [0.15, 0.2) is 71.5 Å². The number of halogens is 2. The smallest absolute Gasteiger partial charge is 0.373 e. The number of carbonyl (C=O) groups is 1. The number of alkyl halides is 2. The maximum Gasteiger partial charge on any atom is 0.373 e. The first-order valence-electron chi connectivity index (χ1n) is 12.4. The summed E-state index contributed by atoms with van der Waals surface area (Å²) >= 11 is 0. The second-order valence-electron chi connectivity index (χ2n) is 10.4. The predicted octanol–water partition coefficient (Wildman–Crippen LogP) is 2.20. The average Bonchev–Trinajstić information content (AvgIpc) is 2.86. The standard InChI is InChI=1S/C28H26F2N2O2Si.CO2/c1-35(2)25-11-19(31-13-17(29)14-31)7-9-23(25)27(21-5-3-4-6-22(21)28(33)34)24-10-8-20(12-26(24)35)32-15-18(30)16-32;2-1-3/h3-12,17-18H,13-16H2,1-2H3;. The van der Waals surface area contributed by atoms with E-state index in [1.54, 1.807) is 12.1 Å². The number of rotatable bonds is 3. The number of fused-ring (bicyclic) bond motifs is 2. The molecule has 6 rings (SSSR count). The van der Waals surface area contributed by atoms with E-state index in [9.17, 15) is 18.7 Å². The molecule has 0 N–H and O–H groups in total. The third kappa shape index (κ3) is 4.27. The average molecular weight is 533 g/mol. The van der Waals surface area contributed by atoms with Crippen LogP contribution in [0.4, 0.5) is 14.5 Å². The van der Waals surface area contributed by atoms with Crippen molar-refractivity contribution >= 4 is 42.4 Å². The third-order valence-electron chi connectivity index (χ3n) is 7.71. The zero-order valence-electron chi connectivity index (χ0n) is 21.0. The zero-order valence-corrected chi connectivity index (χ0v) is 22.0. The monoisotopic (exact) mass is 532 g/mol. The Hall–Kier alpha value is -3.94. The van der Waals surface area contributed by atoms with Gasteiger partial charge >= 0.3 is 6.15 Å². The number of allylic oxidation sites excluding steroid dienone is 5. The lowest BCUT2D eigenvalue weighted by molar-refractivity contribution is -0.599. The summed E-state index contributed by atoms with van der Waals surface area (Å²) in [7, 11) is -2.24. The number of carboxylic acids is 1. The number of anilines is 1. The molecule has 0 spiro atoms. The van der Waals surface area contributed by atoms with Crippen LogP contribution in [0.3, 0.4) is 0 Å². The molecule has 0 amide bonds. The fraction of sp³-hybridized carbons (Fsp3) is 0.276. The molecular weight excluding hydrogens is 506 g/mol. The summed E-state index contributed by atoms with van der Waals surface area (Å²) in [4.78, 5) is 30.3. The number of carbonyl (C=O) groups excluding carboxylic acids is 3. The van der Waals surface area contributed by atoms with Gasteiger partial charge in [0.1, 0.15) is 14.2 Å². The molecule has 2 saturated heterocycles. The van der Waals surface area contributed by atoms with Crippen LogP contribution in [0, 0.1) is 0 Å². The predicted molar refractivity (Wildman–Crippen MR) is 140 cm³/mol. The van der Waals surface area contributed by atoms with Crippen molar-refractivity contribution < 1.29 is 32.8 Å². The van der Waals surface area contributed by atoms with Gasteiger partial charge in [-0.25, -0.2) is 13.4 Å². The quantitative estimate of drug-likeness (QED) is 0.447. The van der Waals surface area contributed by atoms with Gasteiger partial charge in [0.2, 0.25) is 6.17 Å². The Morgan fingerprint density at radius 2 is 1.71 bits per heavy atom. The van der Waals surface area contributed by atoms with Crippen molar-refractivity contribution in [2.45, 2.75) is 25.4 Å². The van der Waals surface area contributed by atoms with Crippen molar-refractivity contribution in [2.24, 2.45) is 0 Å². The normalized spacial score (nSPS) is 21.2. The van der Waals surface area contributed by atoms with Crippen molar-refractivity contribution in [1.82, 2.24) is 0 Å². The fourth-order valence-electron chi connectivity index (χ4n) is 5.66. The maximum absolute atomic E-state index is 13.6. The molecule has 0 bridgehead atoms. The minimum atomic E-state index is -2.24. The van der Waals surface area contributed by atoms with Crippen LogP contribution in [-0.2, 0) is 9.59 Å². The Balaban J connectivity index is 0.000000937. The molecule has 1 aliphatic carbocycles. The lowest BCUT2D eigenvalue weighted by atomic mass is 9.87. The van der Waals surface area contributed by atoms with Crippen molar-refractivity contribution in [2.75, 3.05) is 31.1 Å². The third-order valence-corrected chi connectivity index (χ3v) is 11.2. The lowest BCUT2D eigenvalue weighted by Gasteiger charge is -2.41. The molecule has 38 heavy (non-hydrogen) atoms. The highest BCUT2D eigenvalue weighted by Gasteiger charge is 2.42. The molecule has 0 saturated carbocycles. The van der Waals surface area contributed by atoms with E-state index >= 15 is 0 Å². The molecule has 0 aromatic heterocycles. The maximum atomic E-state index is 13.6. The first-order chi connectivity index (χ1) is 18.1. The number of aromatic carboxylic acids is 1. The van der Waals surface area contributed by atoms with Gasteiger partial charge in [-0.1, -0.05) is 43.4 Å². The van der Waals surface area contributed by atoms with E-state index < -0.39 is 26.4 Å². The second kappa shape index (κ2) is 9.74. The van der Waals surface area contributed by atoms with Crippen LogP contribution in [-0.4, -0.2) is 69.0 Å². The minimum absolute atomic E-state index is 0.153. The first kappa shape index (κ1) is 25.7. The van der Waals surface area contributed by atoms with Crippen LogP contribution >= 0.6 is 0 Å². The molecule has 0 atom stereocenters. The van der Waals surface area contributed by atoms with Gasteiger partial charge < -0.3 is 14.8 Å². The van der Waals surface area contributed by atoms with E-state index in [0.717, 1.165) is 28.1 Å². The Kier molecular flexibility index (Phi) is 6.59. The summed E-state index contributed by atoms with van der Waals surface area (Å²) in [6.45, 7) is 6.16. The van der Waals surface area contributed by atoms with Crippen LogP contribution in [0.2, 0.25) is 13.1 Å². The number of hydrogen-bond donors (Lipinski definition) is 0. The van der Waals surface area contributed by atoms with Gasteiger partial charge in [-0.15, -0.1) is 0 Å². The zero-order chi connectivity index (χ0) is 27.2. The molecule has 194 valence electrons. The summed E-state index contributed by atoms with van der Waals surface area (Å²) in [5.41, 5.74) is 5.68. The summed E-state index contributed by atoms with van der Waals surface area (Å²) in [5, 5.41) is 14.4. The molecule has 3 aliphatic heterocycles. The molecular formula is C29H26F2N2O4Si. The van der Waals surface area contributed by atoms with E-state index in [-0.39, 0.29) is 11.7 Å². The van der Waals surface area contributed by atoms with E-state index in [4.69, 9.17) is 9.59 Å².